The van der Waals surface area contributed by atoms with Crippen LogP contribution in [0.15, 0.2) is 18.2 Å². The lowest BCUT2D eigenvalue weighted by molar-refractivity contribution is 0.0954. The summed E-state index contributed by atoms with van der Waals surface area (Å²) in [5.74, 6) is 0.00870. The second kappa shape index (κ2) is 6.94. The van der Waals surface area contributed by atoms with Crippen LogP contribution in [0.3, 0.4) is 0 Å². The van der Waals surface area contributed by atoms with E-state index < -0.39 is 0 Å². The first-order chi connectivity index (χ1) is 8.19. The highest BCUT2D eigenvalue weighted by molar-refractivity contribution is 5.99. The molecule has 0 heterocycles. The van der Waals surface area contributed by atoms with Crippen molar-refractivity contribution in [3.8, 4) is 0 Å². The molecule has 0 saturated heterocycles. The van der Waals surface area contributed by atoms with Crippen LogP contribution >= 0.6 is 0 Å². The fraction of sp³-hybridized carbons (Fsp3) is 0.500. The standard InChI is InChI=1S/C14H22N2O/c1-4-6-9-16-14(17)12-8-7-11(3)10-13(12)15-5-2/h7-8,10,15H,4-6,9H2,1-3H3,(H,16,17). The van der Waals surface area contributed by atoms with Gasteiger partial charge in [0.1, 0.15) is 0 Å². The molecule has 0 atom stereocenters. The summed E-state index contributed by atoms with van der Waals surface area (Å²) < 4.78 is 0. The van der Waals surface area contributed by atoms with Crippen LogP contribution in [-0.2, 0) is 0 Å². The first kappa shape index (κ1) is 13.6. The predicted octanol–water partition coefficient (Wildman–Crippen LogP) is 2.96. The maximum absolute atomic E-state index is 12.0. The molecule has 0 unspecified atom stereocenters. The predicted molar refractivity (Wildman–Crippen MR) is 72.6 cm³/mol. The van der Waals surface area contributed by atoms with Gasteiger partial charge in [-0.1, -0.05) is 19.4 Å². The molecule has 1 aromatic rings. The molecule has 1 rings (SSSR count). The van der Waals surface area contributed by atoms with Crippen molar-refractivity contribution in [2.75, 3.05) is 18.4 Å². The molecule has 17 heavy (non-hydrogen) atoms. The fourth-order valence-corrected chi connectivity index (χ4v) is 1.67. The number of benzene rings is 1. The zero-order chi connectivity index (χ0) is 12.7. The maximum atomic E-state index is 12.0. The van der Waals surface area contributed by atoms with Gasteiger partial charge in [0.15, 0.2) is 0 Å². The number of aryl methyl sites for hydroxylation is 1. The number of nitrogens with one attached hydrogen (secondary N) is 2. The molecule has 3 heteroatoms. The number of unbranched alkanes of at least 4 members (excludes halogenated alkanes) is 1. The molecule has 0 aliphatic carbocycles. The third-order valence-electron chi connectivity index (χ3n) is 2.60. The minimum Gasteiger partial charge on any atom is -0.385 e. The Kier molecular flexibility index (Phi) is 5.53. The highest BCUT2D eigenvalue weighted by Gasteiger charge is 2.10. The van der Waals surface area contributed by atoms with Crippen LogP contribution in [0, 0.1) is 6.92 Å². The van der Waals surface area contributed by atoms with Crippen molar-refractivity contribution < 1.29 is 4.79 Å². The summed E-state index contributed by atoms with van der Waals surface area (Å²) in [6, 6.07) is 5.86. The summed E-state index contributed by atoms with van der Waals surface area (Å²) in [7, 11) is 0. The van der Waals surface area contributed by atoms with E-state index in [1.807, 2.05) is 32.0 Å². The molecule has 0 radical (unpaired) electrons. The van der Waals surface area contributed by atoms with Crippen molar-refractivity contribution >= 4 is 11.6 Å². The van der Waals surface area contributed by atoms with Gasteiger partial charge in [-0.3, -0.25) is 4.79 Å². The number of carbonyl (C=O) groups excluding carboxylic acids is 1. The van der Waals surface area contributed by atoms with Gasteiger partial charge in [0.2, 0.25) is 0 Å². The van der Waals surface area contributed by atoms with Gasteiger partial charge < -0.3 is 10.6 Å². The van der Waals surface area contributed by atoms with Gasteiger partial charge in [-0.05, 0) is 38.0 Å². The molecule has 3 nitrogen and oxygen atoms in total. The zero-order valence-electron chi connectivity index (χ0n) is 11.0. The number of carbonyl (C=O) groups is 1. The second-order valence-electron chi connectivity index (χ2n) is 4.19. The van der Waals surface area contributed by atoms with Crippen LogP contribution in [0.25, 0.3) is 0 Å². The zero-order valence-corrected chi connectivity index (χ0v) is 11.0. The molecule has 1 amide bonds. The van der Waals surface area contributed by atoms with E-state index in [9.17, 15) is 4.79 Å². The van der Waals surface area contributed by atoms with Crippen LogP contribution in [-0.4, -0.2) is 19.0 Å². The molecule has 2 N–H and O–H groups in total. The highest BCUT2D eigenvalue weighted by Crippen LogP contribution is 2.17. The number of hydrogen-bond donors (Lipinski definition) is 2. The lowest BCUT2D eigenvalue weighted by Gasteiger charge is -2.11. The van der Waals surface area contributed by atoms with Crippen LogP contribution < -0.4 is 10.6 Å². The third-order valence-corrected chi connectivity index (χ3v) is 2.60. The Morgan fingerprint density at radius 1 is 1.29 bits per heavy atom. The van der Waals surface area contributed by atoms with E-state index >= 15 is 0 Å². The Balaban J connectivity index is 2.77. The van der Waals surface area contributed by atoms with Gasteiger partial charge in [-0.15, -0.1) is 0 Å². The molecule has 0 saturated carbocycles. The summed E-state index contributed by atoms with van der Waals surface area (Å²) >= 11 is 0. The second-order valence-corrected chi connectivity index (χ2v) is 4.19. The lowest BCUT2D eigenvalue weighted by atomic mass is 10.1. The van der Waals surface area contributed by atoms with Gasteiger partial charge in [0.25, 0.3) is 5.91 Å². The van der Waals surface area contributed by atoms with Crippen LogP contribution in [0.4, 0.5) is 5.69 Å². The van der Waals surface area contributed by atoms with Crippen molar-refractivity contribution in [3.63, 3.8) is 0 Å². The van der Waals surface area contributed by atoms with Crippen molar-refractivity contribution in [3.05, 3.63) is 29.3 Å². The Labute approximate surface area is 104 Å². The maximum Gasteiger partial charge on any atom is 0.253 e. The highest BCUT2D eigenvalue weighted by atomic mass is 16.1. The molecule has 0 spiro atoms. The summed E-state index contributed by atoms with van der Waals surface area (Å²) in [6.45, 7) is 7.73. The van der Waals surface area contributed by atoms with Gasteiger partial charge in [0, 0.05) is 18.8 Å². The molecular formula is C14H22N2O. The van der Waals surface area contributed by atoms with Crippen molar-refractivity contribution in [1.29, 1.82) is 0 Å². The summed E-state index contributed by atoms with van der Waals surface area (Å²) in [5, 5.41) is 6.17. The molecule has 0 fully saturated rings. The quantitative estimate of drug-likeness (QED) is 0.743. The molecule has 1 aromatic carbocycles. The summed E-state index contributed by atoms with van der Waals surface area (Å²) in [4.78, 5) is 12.0. The topological polar surface area (TPSA) is 41.1 Å². The van der Waals surface area contributed by atoms with Gasteiger partial charge in [-0.2, -0.15) is 0 Å². The monoisotopic (exact) mass is 234 g/mol. The van der Waals surface area contributed by atoms with Gasteiger partial charge >= 0.3 is 0 Å². The third kappa shape index (κ3) is 4.10. The molecule has 0 aromatic heterocycles. The molecule has 94 valence electrons. The van der Waals surface area contributed by atoms with E-state index in [0.717, 1.165) is 42.7 Å². The van der Waals surface area contributed by atoms with Crippen molar-refractivity contribution in [1.82, 2.24) is 5.32 Å². The molecule has 0 bridgehead atoms. The average Bonchev–Trinajstić information content (AvgIpc) is 2.30. The smallest absolute Gasteiger partial charge is 0.253 e. The van der Waals surface area contributed by atoms with Gasteiger partial charge in [-0.25, -0.2) is 0 Å². The average molecular weight is 234 g/mol. The Morgan fingerprint density at radius 2 is 2.06 bits per heavy atom. The van der Waals surface area contributed by atoms with E-state index in [1.54, 1.807) is 0 Å². The van der Waals surface area contributed by atoms with E-state index in [1.165, 1.54) is 0 Å². The van der Waals surface area contributed by atoms with Crippen LogP contribution in [0.1, 0.15) is 42.6 Å². The minimum absolute atomic E-state index is 0.00870. The summed E-state index contributed by atoms with van der Waals surface area (Å²) in [5.41, 5.74) is 2.81. The van der Waals surface area contributed by atoms with E-state index in [-0.39, 0.29) is 5.91 Å². The van der Waals surface area contributed by atoms with Crippen LogP contribution in [0.5, 0.6) is 0 Å². The number of rotatable bonds is 6. The summed E-state index contributed by atoms with van der Waals surface area (Å²) in [6.07, 6.45) is 2.11. The molecule has 0 aliphatic rings. The molecule has 0 aliphatic heterocycles. The first-order valence-electron chi connectivity index (χ1n) is 6.31. The Bertz CT molecular complexity index is 374. The van der Waals surface area contributed by atoms with E-state index in [2.05, 4.69) is 17.6 Å². The number of amides is 1. The number of hydrogen-bond acceptors (Lipinski definition) is 2. The first-order valence-corrected chi connectivity index (χ1v) is 6.31. The lowest BCUT2D eigenvalue weighted by Crippen LogP contribution is -2.25. The Hall–Kier alpha value is -1.51. The van der Waals surface area contributed by atoms with Crippen molar-refractivity contribution in [2.24, 2.45) is 0 Å². The fourth-order valence-electron chi connectivity index (χ4n) is 1.67. The van der Waals surface area contributed by atoms with Crippen molar-refractivity contribution in [2.45, 2.75) is 33.6 Å². The minimum atomic E-state index is 0.00870. The SMILES string of the molecule is CCCCNC(=O)c1ccc(C)cc1NCC. The largest absolute Gasteiger partial charge is 0.385 e. The van der Waals surface area contributed by atoms with E-state index in [4.69, 9.17) is 0 Å². The van der Waals surface area contributed by atoms with Crippen LogP contribution in [0.2, 0.25) is 0 Å². The van der Waals surface area contributed by atoms with Gasteiger partial charge in [0.05, 0.1) is 5.56 Å². The number of anilines is 1. The van der Waals surface area contributed by atoms with E-state index in [0.29, 0.717) is 0 Å². The Morgan fingerprint density at radius 3 is 2.71 bits per heavy atom. The normalized spacial score (nSPS) is 10.1. The molecular weight excluding hydrogens is 212 g/mol.